The van der Waals surface area contributed by atoms with E-state index in [1.165, 1.54) is 11.3 Å². The second-order valence-corrected chi connectivity index (χ2v) is 6.86. The molecule has 23 heavy (non-hydrogen) atoms. The van der Waals surface area contributed by atoms with Crippen LogP contribution in [0.25, 0.3) is 10.9 Å². The molecule has 1 aromatic carbocycles. The highest BCUT2D eigenvalue weighted by Crippen LogP contribution is 2.24. The van der Waals surface area contributed by atoms with Gasteiger partial charge in [-0.25, -0.2) is 0 Å². The minimum Gasteiger partial charge on any atom is -0.330 e. The lowest BCUT2D eigenvalue weighted by molar-refractivity contribution is 0.0766. The lowest BCUT2D eigenvalue weighted by atomic mass is 10.1. The number of aromatic nitrogens is 1. The van der Waals surface area contributed by atoms with Gasteiger partial charge in [-0.3, -0.25) is 9.78 Å². The van der Waals surface area contributed by atoms with Crippen molar-refractivity contribution < 1.29 is 4.79 Å². The number of pyridine rings is 1. The monoisotopic (exact) mass is 342 g/mol. The van der Waals surface area contributed by atoms with Crippen molar-refractivity contribution in [3.05, 3.63) is 76.1 Å². The number of rotatable bonds is 5. The van der Waals surface area contributed by atoms with E-state index >= 15 is 0 Å². The first-order chi connectivity index (χ1) is 11.2. The Morgan fingerprint density at radius 2 is 2.13 bits per heavy atom. The Labute approximate surface area is 143 Å². The van der Waals surface area contributed by atoms with E-state index in [1.54, 1.807) is 17.2 Å². The van der Waals surface area contributed by atoms with Gasteiger partial charge in [-0.2, -0.15) is 0 Å². The lowest BCUT2D eigenvalue weighted by Gasteiger charge is -2.21. The van der Waals surface area contributed by atoms with Crippen molar-refractivity contribution in [2.75, 3.05) is 6.54 Å². The molecule has 0 unspecified atom stereocenters. The molecule has 3 nitrogen and oxygen atoms in total. The fourth-order valence-electron chi connectivity index (χ4n) is 2.46. The molecule has 0 N–H and O–H groups in total. The Morgan fingerprint density at radius 3 is 2.87 bits per heavy atom. The SMILES string of the molecule is C=CCN(Cc1ccc(Cl)s1)C(=O)c1cccc2ncccc12. The van der Waals surface area contributed by atoms with Crippen molar-refractivity contribution in [2.45, 2.75) is 6.54 Å². The van der Waals surface area contributed by atoms with E-state index in [4.69, 9.17) is 11.6 Å². The predicted molar refractivity (Wildman–Crippen MR) is 96.0 cm³/mol. The van der Waals surface area contributed by atoms with Crippen LogP contribution in [0.4, 0.5) is 0 Å². The molecular formula is C18H15ClN2OS. The number of nitrogens with zero attached hydrogens (tertiary/aromatic N) is 2. The average molecular weight is 343 g/mol. The summed E-state index contributed by atoms with van der Waals surface area (Å²) in [5.74, 6) is -0.0342. The van der Waals surface area contributed by atoms with Crippen LogP contribution in [-0.2, 0) is 6.54 Å². The Hall–Kier alpha value is -2.17. The second kappa shape index (κ2) is 6.94. The Kier molecular flexibility index (Phi) is 4.74. The maximum atomic E-state index is 13.0. The number of hydrogen-bond donors (Lipinski definition) is 0. The summed E-state index contributed by atoms with van der Waals surface area (Å²) >= 11 is 7.47. The summed E-state index contributed by atoms with van der Waals surface area (Å²) in [6.45, 7) is 4.75. The number of carbonyl (C=O) groups excluding carboxylic acids is 1. The first-order valence-corrected chi connectivity index (χ1v) is 8.36. The first kappa shape index (κ1) is 15.7. The van der Waals surface area contributed by atoms with Crippen LogP contribution in [0.15, 0.2) is 61.3 Å². The second-order valence-electron chi connectivity index (χ2n) is 5.06. The Balaban J connectivity index is 1.95. The Bertz CT molecular complexity index is 854. The van der Waals surface area contributed by atoms with Gasteiger partial charge in [0.25, 0.3) is 5.91 Å². The van der Waals surface area contributed by atoms with E-state index in [0.29, 0.717) is 18.7 Å². The quantitative estimate of drug-likeness (QED) is 0.625. The van der Waals surface area contributed by atoms with Crippen LogP contribution in [0.1, 0.15) is 15.2 Å². The molecule has 3 aromatic rings. The van der Waals surface area contributed by atoms with Crippen LogP contribution >= 0.6 is 22.9 Å². The van der Waals surface area contributed by atoms with Crippen LogP contribution in [0, 0.1) is 0 Å². The number of carbonyl (C=O) groups is 1. The highest BCUT2D eigenvalue weighted by Gasteiger charge is 2.18. The molecule has 0 aliphatic carbocycles. The molecule has 0 atom stereocenters. The normalized spacial score (nSPS) is 10.7. The smallest absolute Gasteiger partial charge is 0.255 e. The fourth-order valence-corrected chi connectivity index (χ4v) is 3.56. The summed E-state index contributed by atoms with van der Waals surface area (Å²) in [5.41, 5.74) is 1.47. The largest absolute Gasteiger partial charge is 0.330 e. The van der Waals surface area contributed by atoms with Crippen molar-refractivity contribution in [1.29, 1.82) is 0 Å². The third kappa shape index (κ3) is 3.44. The minimum atomic E-state index is -0.0342. The number of hydrogen-bond acceptors (Lipinski definition) is 3. The minimum absolute atomic E-state index is 0.0342. The van der Waals surface area contributed by atoms with E-state index in [-0.39, 0.29) is 5.91 Å². The van der Waals surface area contributed by atoms with Gasteiger partial charge in [0.05, 0.1) is 16.4 Å². The summed E-state index contributed by atoms with van der Waals surface area (Å²) in [7, 11) is 0. The number of halogens is 1. The first-order valence-electron chi connectivity index (χ1n) is 7.17. The third-order valence-electron chi connectivity index (χ3n) is 3.49. The van der Waals surface area contributed by atoms with Crippen LogP contribution in [-0.4, -0.2) is 22.3 Å². The molecule has 0 saturated heterocycles. The van der Waals surface area contributed by atoms with Crippen molar-refractivity contribution in [3.63, 3.8) is 0 Å². The maximum Gasteiger partial charge on any atom is 0.255 e. The van der Waals surface area contributed by atoms with E-state index < -0.39 is 0 Å². The molecule has 5 heteroatoms. The van der Waals surface area contributed by atoms with Gasteiger partial charge in [-0.05, 0) is 30.3 Å². The summed E-state index contributed by atoms with van der Waals surface area (Å²) in [4.78, 5) is 20.1. The average Bonchev–Trinajstić information content (AvgIpc) is 2.98. The van der Waals surface area contributed by atoms with Crippen molar-refractivity contribution >= 4 is 39.7 Å². The fraction of sp³-hybridized carbons (Fsp3) is 0.111. The molecule has 0 bridgehead atoms. The molecule has 0 saturated carbocycles. The number of thiophene rings is 1. The van der Waals surface area contributed by atoms with Gasteiger partial charge in [0.15, 0.2) is 0 Å². The number of amides is 1. The van der Waals surface area contributed by atoms with E-state index in [9.17, 15) is 4.79 Å². The van der Waals surface area contributed by atoms with Crippen molar-refractivity contribution in [2.24, 2.45) is 0 Å². The lowest BCUT2D eigenvalue weighted by Crippen LogP contribution is -2.30. The van der Waals surface area contributed by atoms with Crippen LogP contribution in [0.2, 0.25) is 4.34 Å². The van der Waals surface area contributed by atoms with Crippen molar-refractivity contribution in [1.82, 2.24) is 9.88 Å². The van der Waals surface area contributed by atoms with Gasteiger partial charge in [-0.1, -0.05) is 29.8 Å². The molecule has 0 radical (unpaired) electrons. The predicted octanol–water partition coefficient (Wildman–Crippen LogP) is 4.78. The van der Waals surface area contributed by atoms with Gasteiger partial charge in [0.2, 0.25) is 0 Å². The van der Waals surface area contributed by atoms with Gasteiger partial charge >= 0.3 is 0 Å². The molecule has 2 aromatic heterocycles. The van der Waals surface area contributed by atoms with Gasteiger partial charge in [0.1, 0.15) is 0 Å². The summed E-state index contributed by atoms with van der Waals surface area (Å²) in [5, 5.41) is 0.860. The zero-order chi connectivity index (χ0) is 16.2. The molecule has 0 aliphatic heterocycles. The van der Waals surface area contributed by atoms with Gasteiger partial charge in [0, 0.05) is 28.6 Å². The van der Waals surface area contributed by atoms with Crippen LogP contribution < -0.4 is 0 Å². The summed E-state index contributed by atoms with van der Waals surface area (Å²) < 4.78 is 0.723. The van der Waals surface area contributed by atoms with Gasteiger partial charge < -0.3 is 4.90 Å². The maximum absolute atomic E-state index is 13.0. The molecule has 0 aliphatic rings. The molecule has 1 amide bonds. The van der Waals surface area contributed by atoms with E-state index in [1.807, 2.05) is 42.5 Å². The third-order valence-corrected chi connectivity index (χ3v) is 4.70. The van der Waals surface area contributed by atoms with Gasteiger partial charge in [-0.15, -0.1) is 17.9 Å². The molecule has 0 spiro atoms. The molecular weight excluding hydrogens is 328 g/mol. The van der Waals surface area contributed by atoms with Crippen molar-refractivity contribution in [3.8, 4) is 0 Å². The standard InChI is InChI=1S/C18H15ClN2OS/c1-2-11-21(12-13-8-9-17(19)23-13)18(22)15-5-3-7-16-14(15)6-4-10-20-16/h2-10H,1,11-12H2. The highest BCUT2D eigenvalue weighted by atomic mass is 35.5. The summed E-state index contributed by atoms with van der Waals surface area (Å²) in [6.07, 6.45) is 3.46. The molecule has 116 valence electrons. The van der Waals surface area contributed by atoms with E-state index in [0.717, 1.165) is 20.1 Å². The van der Waals surface area contributed by atoms with Crippen LogP contribution in [0.3, 0.4) is 0 Å². The highest BCUT2D eigenvalue weighted by molar-refractivity contribution is 7.16. The molecule has 0 fully saturated rings. The zero-order valence-electron chi connectivity index (χ0n) is 12.4. The van der Waals surface area contributed by atoms with Crippen LogP contribution in [0.5, 0.6) is 0 Å². The summed E-state index contributed by atoms with van der Waals surface area (Å²) in [6, 6.07) is 13.2. The number of fused-ring (bicyclic) bond motifs is 1. The zero-order valence-corrected chi connectivity index (χ0v) is 14.0. The Morgan fingerprint density at radius 1 is 1.26 bits per heavy atom. The van der Waals surface area contributed by atoms with E-state index in [2.05, 4.69) is 11.6 Å². The molecule has 2 heterocycles. The number of benzene rings is 1. The topological polar surface area (TPSA) is 33.2 Å². The molecule has 3 rings (SSSR count).